The van der Waals surface area contributed by atoms with Crippen molar-refractivity contribution < 1.29 is 14.1 Å². The lowest BCUT2D eigenvalue weighted by Gasteiger charge is -2.34. The highest BCUT2D eigenvalue weighted by molar-refractivity contribution is 8.00. The minimum atomic E-state index is -0.478. The number of nitrogens with one attached hydrogen (secondary N) is 2. The van der Waals surface area contributed by atoms with Gasteiger partial charge in [-0.1, -0.05) is 67.9 Å². The van der Waals surface area contributed by atoms with Gasteiger partial charge in [-0.05, 0) is 67.3 Å². The minimum absolute atomic E-state index is 0.0451. The SMILES string of the molecule is CC[C@H](C)[C@@H](C(=O)NC)N(Cc1ccc(-c2ccccc2SNc2onc(C)c2C)cc1)C(=O)C1CC1. The van der Waals surface area contributed by atoms with Gasteiger partial charge in [-0.2, -0.15) is 0 Å². The first kappa shape index (κ1) is 26.8. The van der Waals surface area contributed by atoms with E-state index in [0.717, 1.165) is 52.1 Å². The van der Waals surface area contributed by atoms with Gasteiger partial charge in [0.1, 0.15) is 6.04 Å². The molecule has 2 N–H and O–H groups in total. The average molecular weight is 521 g/mol. The van der Waals surface area contributed by atoms with Crippen LogP contribution in [-0.2, 0) is 16.1 Å². The molecule has 2 amide bonds. The van der Waals surface area contributed by atoms with E-state index in [0.29, 0.717) is 12.4 Å². The lowest BCUT2D eigenvalue weighted by Crippen LogP contribution is -2.52. The largest absolute Gasteiger partial charge is 0.357 e. The van der Waals surface area contributed by atoms with E-state index in [2.05, 4.69) is 58.5 Å². The van der Waals surface area contributed by atoms with Crippen LogP contribution in [0.1, 0.15) is 49.9 Å². The number of hydrogen-bond donors (Lipinski definition) is 2. The predicted octanol–water partition coefficient (Wildman–Crippen LogP) is 5.98. The van der Waals surface area contributed by atoms with E-state index in [9.17, 15) is 9.59 Å². The number of aryl methyl sites for hydroxylation is 1. The summed E-state index contributed by atoms with van der Waals surface area (Å²) in [6.45, 7) is 8.42. The molecule has 0 saturated heterocycles. The molecule has 0 bridgehead atoms. The van der Waals surface area contributed by atoms with Crippen molar-refractivity contribution in [1.29, 1.82) is 0 Å². The number of aromatic nitrogens is 1. The first-order valence-electron chi connectivity index (χ1n) is 12.9. The molecule has 0 radical (unpaired) electrons. The Morgan fingerprint density at radius 1 is 1.14 bits per heavy atom. The molecule has 0 unspecified atom stereocenters. The number of carbonyl (C=O) groups excluding carboxylic acids is 2. The van der Waals surface area contributed by atoms with Crippen molar-refractivity contribution in [3.8, 4) is 11.1 Å². The van der Waals surface area contributed by atoms with Crippen molar-refractivity contribution in [2.24, 2.45) is 11.8 Å². The number of benzene rings is 2. The zero-order chi connectivity index (χ0) is 26.5. The quantitative estimate of drug-likeness (QED) is 0.303. The van der Waals surface area contributed by atoms with Gasteiger partial charge in [-0.3, -0.25) is 14.3 Å². The summed E-state index contributed by atoms with van der Waals surface area (Å²) in [6, 6.07) is 16.0. The van der Waals surface area contributed by atoms with Crippen LogP contribution in [0, 0.1) is 25.7 Å². The monoisotopic (exact) mass is 520 g/mol. The van der Waals surface area contributed by atoms with E-state index in [1.165, 1.54) is 11.9 Å². The normalized spacial score (nSPS) is 14.6. The van der Waals surface area contributed by atoms with E-state index >= 15 is 0 Å². The van der Waals surface area contributed by atoms with E-state index in [1.807, 2.05) is 32.9 Å². The zero-order valence-corrected chi connectivity index (χ0v) is 23.0. The van der Waals surface area contributed by atoms with Crippen molar-refractivity contribution in [3.05, 3.63) is 65.4 Å². The van der Waals surface area contributed by atoms with Gasteiger partial charge in [0.05, 0.1) is 5.69 Å². The van der Waals surface area contributed by atoms with Crippen LogP contribution >= 0.6 is 11.9 Å². The zero-order valence-electron chi connectivity index (χ0n) is 22.2. The molecule has 1 fully saturated rings. The summed E-state index contributed by atoms with van der Waals surface area (Å²) < 4.78 is 8.66. The van der Waals surface area contributed by atoms with Crippen LogP contribution in [0.2, 0.25) is 0 Å². The van der Waals surface area contributed by atoms with E-state index in [4.69, 9.17) is 4.52 Å². The molecule has 0 aliphatic heterocycles. The highest BCUT2D eigenvalue weighted by Gasteiger charge is 2.40. The first-order chi connectivity index (χ1) is 17.8. The van der Waals surface area contributed by atoms with Gasteiger partial charge in [0.25, 0.3) is 0 Å². The molecule has 3 aromatic rings. The second-order valence-corrected chi connectivity index (χ2v) is 10.7. The Kier molecular flexibility index (Phi) is 8.59. The number of hydrogen-bond acceptors (Lipinski definition) is 6. The maximum atomic E-state index is 13.3. The fraction of sp³-hybridized carbons (Fsp3) is 0.414. The molecule has 196 valence electrons. The molecule has 7 nitrogen and oxygen atoms in total. The summed E-state index contributed by atoms with van der Waals surface area (Å²) >= 11 is 1.49. The minimum Gasteiger partial charge on any atom is -0.357 e. The van der Waals surface area contributed by atoms with Crippen LogP contribution in [0.25, 0.3) is 11.1 Å². The fourth-order valence-corrected chi connectivity index (χ4v) is 5.18. The van der Waals surface area contributed by atoms with Crippen molar-refractivity contribution in [1.82, 2.24) is 15.4 Å². The van der Waals surface area contributed by atoms with Gasteiger partial charge in [-0.25, -0.2) is 0 Å². The molecule has 1 aliphatic carbocycles. The third-order valence-corrected chi connectivity index (χ3v) is 8.02. The molecule has 1 saturated carbocycles. The smallest absolute Gasteiger partial charge is 0.242 e. The van der Waals surface area contributed by atoms with E-state index in [-0.39, 0.29) is 23.7 Å². The molecular formula is C29H36N4O3S. The summed E-state index contributed by atoms with van der Waals surface area (Å²) in [7, 11) is 1.64. The summed E-state index contributed by atoms with van der Waals surface area (Å²) in [5, 5.41) is 6.78. The molecule has 4 rings (SSSR count). The molecular weight excluding hydrogens is 484 g/mol. The van der Waals surface area contributed by atoms with Gasteiger partial charge >= 0.3 is 0 Å². The molecule has 2 atom stereocenters. The molecule has 1 heterocycles. The highest BCUT2D eigenvalue weighted by atomic mass is 32.2. The third-order valence-electron chi connectivity index (χ3n) is 7.16. The highest BCUT2D eigenvalue weighted by Crippen LogP contribution is 2.35. The number of amides is 2. The van der Waals surface area contributed by atoms with Crippen LogP contribution in [0.15, 0.2) is 57.9 Å². The van der Waals surface area contributed by atoms with Gasteiger partial charge < -0.3 is 14.7 Å². The lowest BCUT2D eigenvalue weighted by atomic mass is 9.95. The summed E-state index contributed by atoms with van der Waals surface area (Å²) in [4.78, 5) is 29.0. The number of carbonyl (C=O) groups is 2. The number of nitrogens with zero attached hydrogens (tertiary/aromatic N) is 2. The van der Waals surface area contributed by atoms with Gasteiger partial charge in [0.15, 0.2) is 0 Å². The summed E-state index contributed by atoms with van der Waals surface area (Å²) in [5.41, 5.74) is 5.03. The van der Waals surface area contributed by atoms with Crippen LogP contribution in [0.4, 0.5) is 5.88 Å². The van der Waals surface area contributed by atoms with E-state index in [1.54, 1.807) is 11.9 Å². The molecule has 0 spiro atoms. The number of likely N-dealkylation sites (N-methyl/N-ethyl adjacent to an activating group) is 1. The van der Waals surface area contributed by atoms with Gasteiger partial charge in [0.2, 0.25) is 17.7 Å². The molecule has 1 aliphatic rings. The Morgan fingerprint density at radius 2 is 1.84 bits per heavy atom. The maximum absolute atomic E-state index is 13.3. The second kappa shape index (κ2) is 11.9. The molecule has 1 aromatic heterocycles. The lowest BCUT2D eigenvalue weighted by molar-refractivity contribution is -0.144. The fourth-order valence-electron chi connectivity index (χ4n) is 4.35. The summed E-state index contributed by atoms with van der Waals surface area (Å²) in [5.74, 6) is 0.748. The van der Waals surface area contributed by atoms with Crippen LogP contribution in [0.3, 0.4) is 0 Å². The van der Waals surface area contributed by atoms with Crippen LogP contribution in [0.5, 0.6) is 0 Å². The van der Waals surface area contributed by atoms with Crippen molar-refractivity contribution in [3.63, 3.8) is 0 Å². The Hall–Kier alpha value is -3.26. The van der Waals surface area contributed by atoms with Gasteiger partial charge in [-0.15, -0.1) is 0 Å². The van der Waals surface area contributed by atoms with Crippen LogP contribution in [-0.4, -0.2) is 35.0 Å². The Morgan fingerprint density at radius 3 is 2.43 bits per heavy atom. The molecule has 37 heavy (non-hydrogen) atoms. The first-order valence-corrected chi connectivity index (χ1v) is 13.7. The number of rotatable bonds is 11. The van der Waals surface area contributed by atoms with E-state index < -0.39 is 6.04 Å². The summed E-state index contributed by atoms with van der Waals surface area (Å²) in [6.07, 6.45) is 2.64. The van der Waals surface area contributed by atoms with Crippen molar-refractivity contribution >= 4 is 29.6 Å². The maximum Gasteiger partial charge on any atom is 0.242 e. The molecule has 2 aromatic carbocycles. The Bertz CT molecular complexity index is 1240. The Labute approximate surface area is 223 Å². The van der Waals surface area contributed by atoms with Crippen molar-refractivity contribution in [2.45, 2.75) is 64.4 Å². The number of anilines is 1. The van der Waals surface area contributed by atoms with Crippen LogP contribution < -0.4 is 10.0 Å². The standard InChI is InChI=1S/C29H36N4O3S/c1-6-18(2)26(27(34)30-5)33(29(35)23-15-16-23)17-21-11-13-22(14-12-21)24-9-7-8-10-25(24)37-32-28-19(3)20(4)31-36-28/h7-14,18,23,26,32H,6,15-17H2,1-5H3,(H,30,34)/t18-,26-/m0/s1. The second-order valence-electron chi connectivity index (χ2n) is 9.80. The Balaban J connectivity index is 1.54. The molecule has 8 heteroatoms. The van der Waals surface area contributed by atoms with Gasteiger partial charge in [0, 0.05) is 30.0 Å². The average Bonchev–Trinajstić information content (AvgIpc) is 3.73. The van der Waals surface area contributed by atoms with Crippen molar-refractivity contribution in [2.75, 3.05) is 11.8 Å². The topological polar surface area (TPSA) is 87.5 Å². The third kappa shape index (κ3) is 6.18. The predicted molar refractivity (Wildman–Crippen MR) is 148 cm³/mol.